The van der Waals surface area contributed by atoms with Gasteiger partial charge in [-0.1, -0.05) is 48.5 Å². The molecule has 9 N–H and O–H groups in total. The van der Waals surface area contributed by atoms with Gasteiger partial charge < -0.3 is 35.4 Å². The molecule has 5 heterocycles. The summed E-state index contributed by atoms with van der Waals surface area (Å²) in [5, 5.41) is 39.7. The molecule has 0 spiro atoms. The van der Waals surface area contributed by atoms with E-state index in [2.05, 4.69) is 66.6 Å². The maximum atomic E-state index is 6.61. The first-order valence-corrected chi connectivity index (χ1v) is 15.3. The molecule has 2 aromatic carbocycles. The van der Waals surface area contributed by atoms with E-state index in [1.165, 1.54) is 0 Å². The van der Waals surface area contributed by atoms with E-state index >= 15 is 0 Å². The van der Waals surface area contributed by atoms with Crippen LogP contribution in [0.15, 0.2) is 104 Å². The second kappa shape index (κ2) is 21.4. The van der Waals surface area contributed by atoms with Crippen LogP contribution in [0.2, 0.25) is 0 Å². The lowest BCUT2D eigenvalue weighted by Gasteiger charge is -2.18. The van der Waals surface area contributed by atoms with Crippen molar-refractivity contribution in [2.45, 2.75) is 19.6 Å². The van der Waals surface area contributed by atoms with Crippen molar-refractivity contribution in [1.82, 2.24) is 66.6 Å². The Hall–Kier alpha value is -6.44. The highest BCUT2D eigenvalue weighted by molar-refractivity contribution is 5.91. The minimum atomic E-state index is -0.841. The van der Waals surface area contributed by atoms with Crippen molar-refractivity contribution in [2.75, 3.05) is 26.6 Å². The van der Waals surface area contributed by atoms with E-state index < -0.39 is 6.04 Å². The van der Waals surface area contributed by atoms with E-state index in [4.69, 9.17) is 30.4 Å². The van der Waals surface area contributed by atoms with Gasteiger partial charge in [0, 0.05) is 29.3 Å². The summed E-state index contributed by atoms with van der Waals surface area (Å²) >= 11 is 0. The van der Waals surface area contributed by atoms with Crippen LogP contribution in [0.1, 0.15) is 29.8 Å². The number of nitrogens with two attached hydrogens (primary N) is 2. The molecule has 0 aliphatic rings. The Balaban J connectivity index is 0.000000304. The predicted molar refractivity (Wildman–Crippen MR) is 181 cm³/mol. The molecule has 1 atom stereocenters. The molecular formula is C31H39N15O4. The molecular weight excluding hydrogens is 646 g/mol. The Bertz CT molecular complexity index is 1730. The summed E-state index contributed by atoms with van der Waals surface area (Å²) in [7, 11) is 0. The molecule has 7 aromatic rings. The van der Waals surface area contributed by atoms with E-state index in [1.807, 2.05) is 67.7 Å². The largest absolute Gasteiger partial charge is 0.486 e. The molecule has 0 saturated heterocycles. The summed E-state index contributed by atoms with van der Waals surface area (Å²) in [4.78, 5) is 3.26. The molecule has 0 bridgehead atoms. The minimum absolute atomic E-state index is 0.0250. The molecule has 0 aliphatic carbocycles. The second-order valence-electron chi connectivity index (χ2n) is 9.63. The summed E-state index contributed by atoms with van der Waals surface area (Å²) in [5.74, 6) is 0.666. The number of nitrogens with one attached hydrogen (secondary N) is 5. The second-order valence-corrected chi connectivity index (χ2v) is 9.63. The number of benzene rings is 2. The normalized spacial score (nSPS) is 11.5. The molecule has 0 fully saturated rings. The third-order valence-corrected chi connectivity index (χ3v) is 6.34. The van der Waals surface area contributed by atoms with Gasteiger partial charge in [-0.2, -0.15) is 56.5 Å². The van der Waals surface area contributed by atoms with Crippen LogP contribution in [-0.4, -0.2) is 93.2 Å². The summed E-state index contributed by atoms with van der Waals surface area (Å²) in [6.45, 7) is 3.72. The number of nitrogens with zero attached hydrogens (tertiary/aromatic N) is 8. The zero-order chi connectivity index (χ0) is 35.1. The minimum Gasteiger partial charge on any atom is -0.486 e. The van der Waals surface area contributed by atoms with Crippen molar-refractivity contribution in [3.63, 3.8) is 0 Å². The summed E-state index contributed by atoms with van der Waals surface area (Å²) in [6.07, 6.45) is 11.4. The van der Waals surface area contributed by atoms with E-state index in [1.54, 1.807) is 37.2 Å². The lowest BCUT2D eigenvalue weighted by Crippen LogP contribution is -2.23. The molecule has 7 rings (SSSR count). The number of ether oxygens (including phenoxy) is 4. The van der Waals surface area contributed by atoms with Crippen LogP contribution in [0.4, 0.5) is 0 Å². The number of aromatic nitrogens is 13. The average molecular weight is 686 g/mol. The molecule has 0 radical (unpaired) electrons. The highest BCUT2D eigenvalue weighted by Gasteiger charge is 2.25. The van der Waals surface area contributed by atoms with Gasteiger partial charge >= 0.3 is 0 Å². The topological polar surface area (TPSA) is 271 Å². The number of H-pyrrole nitrogens is 5. The Morgan fingerprint density at radius 2 is 1.34 bits per heavy atom. The van der Waals surface area contributed by atoms with Gasteiger partial charge in [0.2, 0.25) is 0 Å². The zero-order valence-electron chi connectivity index (χ0n) is 27.2. The van der Waals surface area contributed by atoms with Crippen LogP contribution in [0, 0.1) is 0 Å². The number of hydrogen-bond acceptors (Lipinski definition) is 14. The fraction of sp³-hybridized carbons (Fsp3) is 0.226. The van der Waals surface area contributed by atoms with Crippen molar-refractivity contribution >= 4 is 16.7 Å². The fourth-order valence-electron chi connectivity index (χ4n) is 4.05. The smallest absolute Gasteiger partial charge is 0.260 e. The first-order valence-electron chi connectivity index (χ1n) is 15.3. The predicted octanol–water partition coefficient (Wildman–Crippen LogP) is 2.63. The Labute approximate surface area is 286 Å². The van der Waals surface area contributed by atoms with Gasteiger partial charge in [-0.05, 0) is 18.6 Å². The Kier molecular flexibility index (Phi) is 15.6. The van der Waals surface area contributed by atoms with E-state index in [9.17, 15) is 0 Å². The number of aromatic amines is 5. The first kappa shape index (κ1) is 36.4. The number of rotatable bonds is 13. The van der Waals surface area contributed by atoms with Crippen LogP contribution in [0.5, 0.6) is 5.88 Å². The molecule has 0 amide bonds. The maximum absolute atomic E-state index is 6.61. The Morgan fingerprint density at radius 1 is 0.740 bits per heavy atom. The summed E-state index contributed by atoms with van der Waals surface area (Å²) in [6, 6.07) is 16.9. The van der Waals surface area contributed by atoms with Gasteiger partial charge in [0.25, 0.3) is 5.88 Å². The van der Waals surface area contributed by atoms with Gasteiger partial charge in [-0.3, -0.25) is 0 Å². The maximum Gasteiger partial charge on any atom is 0.260 e. The molecule has 50 heavy (non-hydrogen) atoms. The Morgan fingerprint density at radius 3 is 1.94 bits per heavy atom. The quantitative estimate of drug-likeness (QED) is 0.0522. The third kappa shape index (κ3) is 12.0. The van der Waals surface area contributed by atoms with Crippen molar-refractivity contribution in [1.29, 1.82) is 0 Å². The molecule has 262 valence electrons. The van der Waals surface area contributed by atoms with E-state index in [-0.39, 0.29) is 12.7 Å². The lowest BCUT2D eigenvalue weighted by molar-refractivity contribution is -0.0172. The third-order valence-electron chi connectivity index (χ3n) is 6.34. The van der Waals surface area contributed by atoms with E-state index in [0.717, 1.165) is 22.0 Å². The SMILES string of the molecule is CCOCCOCOc1n[nH]nc1C(N)C(N)=C(OCc1ccccc1)c1c[nH]c2ccccc12.c1cn[nH]n1.c1cn[nH]n1.c1cn[nH]n1. The molecule has 0 saturated carbocycles. The number of fused-ring (bicyclic) bond motifs is 1. The molecule has 5 aromatic heterocycles. The zero-order valence-corrected chi connectivity index (χ0v) is 27.2. The average Bonchev–Trinajstić information content (AvgIpc) is 4.01. The van der Waals surface area contributed by atoms with Crippen molar-refractivity contribution < 1.29 is 18.9 Å². The van der Waals surface area contributed by atoms with Gasteiger partial charge in [-0.15, -0.1) is 5.10 Å². The molecule has 0 aliphatic heterocycles. The van der Waals surface area contributed by atoms with E-state index in [0.29, 0.717) is 43.6 Å². The van der Waals surface area contributed by atoms with Crippen LogP contribution < -0.4 is 16.2 Å². The molecule has 1 unspecified atom stereocenters. The van der Waals surface area contributed by atoms with Gasteiger partial charge in [-0.25, -0.2) is 0 Å². The van der Waals surface area contributed by atoms with Crippen molar-refractivity contribution in [2.24, 2.45) is 11.5 Å². The first-order chi connectivity index (χ1) is 24.7. The van der Waals surface area contributed by atoms with Crippen molar-refractivity contribution in [3.05, 3.63) is 120 Å². The number of hydrogen-bond donors (Lipinski definition) is 7. The van der Waals surface area contributed by atoms with Gasteiger partial charge in [0.15, 0.2) is 6.79 Å². The van der Waals surface area contributed by atoms with Crippen LogP contribution in [0.25, 0.3) is 16.7 Å². The highest BCUT2D eigenvalue weighted by atomic mass is 16.7. The summed E-state index contributed by atoms with van der Waals surface area (Å²) < 4.78 is 22.5. The van der Waals surface area contributed by atoms with Crippen LogP contribution in [-0.2, 0) is 20.8 Å². The van der Waals surface area contributed by atoms with Crippen molar-refractivity contribution in [3.8, 4) is 5.88 Å². The van der Waals surface area contributed by atoms with Crippen LogP contribution >= 0.6 is 0 Å². The van der Waals surface area contributed by atoms with Crippen LogP contribution in [0.3, 0.4) is 0 Å². The number of para-hydroxylation sites is 1. The standard InChI is InChI=1S/C25H30N6O4.3C2H3N3/c1-2-32-12-13-33-16-35-25-23(29-31-30-25)21(26)22(27)24(34-15-17-8-4-3-5-9-17)19-14-28-20-11-7-6-10-18(19)20;3*1-2-4-5-3-1/h3-11,14,21,28H,2,12-13,15-16,26-27H2,1H3,(H,29,30,31);3*1-2H,(H,3,4,5). The fourth-order valence-corrected chi connectivity index (χ4v) is 4.05. The van der Waals surface area contributed by atoms with Gasteiger partial charge in [0.1, 0.15) is 18.1 Å². The highest BCUT2D eigenvalue weighted by Crippen LogP contribution is 2.32. The van der Waals surface area contributed by atoms with Gasteiger partial charge in [0.05, 0.1) is 62.1 Å². The summed E-state index contributed by atoms with van der Waals surface area (Å²) in [5.41, 5.74) is 16.5. The lowest BCUT2D eigenvalue weighted by atomic mass is 10.1. The molecule has 19 nitrogen and oxygen atoms in total. The molecule has 19 heteroatoms. The monoisotopic (exact) mass is 685 g/mol.